The van der Waals surface area contributed by atoms with Gasteiger partial charge in [0, 0.05) is 12.6 Å². The SMILES string of the molecule is CCOC(=O)C1(CCCn2c(=O)cnc3ccc(OC)cc32)CCNCC1. The number of rotatable bonds is 7. The third-order valence-electron chi connectivity index (χ3n) is 5.36. The second kappa shape index (κ2) is 8.52. The minimum Gasteiger partial charge on any atom is -0.497 e. The number of fused-ring (bicyclic) bond motifs is 1. The predicted molar refractivity (Wildman–Crippen MR) is 103 cm³/mol. The van der Waals surface area contributed by atoms with Crippen molar-refractivity contribution < 1.29 is 14.3 Å². The lowest BCUT2D eigenvalue weighted by Crippen LogP contribution is -2.43. The number of nitrogens with one attached hydrogen (secondary N) is 1. The summed E-state index contributed by atoms with van der Waals surface area (Å²) in [5.74, 6) is 0.574. The molecule has 146 valence electrons. The summed E-state index contributed by atoms with van der Waals surface area (Å²) in [6, 6.07) is 5.50. The summed E-state index contributed by atoms with van der Waals surface area (Å²) in [6.45, 7) is 4.38. The lowest BCUT2D eigenvalue weighted by Gasteiger charge is -2.35. The van der Waals surface area contributed by atoms with Crippen molar-refractivity contribution in [1.29, 1.82) is 0 Å². The molecule has 0 radical (unpaired) electrons. The summed E-state index contributed by atoms with van der Waals surface area (Å²) in [6.07, 6.45) is 4.31. The predicted octanol–water partition coefficient (Wildman–Crippen LogP) is 2.12. The summed E-state index contributed by atoms with van der Waals surface area (Å²) < 4.78 is 12.3. The van der Waals surface area contributed by atoms with E-state index in [0.717, 1.165) is 43.4 Å². The van der Waals surface area contributed by atoms with Crippen molar-refractivity contribution in [3.63, 3.8) is 0 Å². The van der Waals surface area contributed by atoms with Gasteiger partial charge in [0.05, 0.1) is 36.4 Å². The van der Waals surface area contributed by atoms with Crippen LogP contribution in [0.2, 0.25) is 0 Å². The number of piperidine rings is 1. The molecular formula is C20H27N3O4. The Labute approximate surface area is 158 Å². The Morgan fingerprint density at radius 2 is 2.11 bits per heavy atom. The van der Waals surface area contributed by atoms with Crippen molar-refractivity contribution in [3.05, 3.63) is 34.7 Å². The van der Waals surface area contributed by atoms with E-state index in [0.29, 0.717) is 25.3 Å². The largest absolute Gasteiger partial charge is 0.497 e. The quantitative estimate of drug-likeness (QED) is 0.749. The normalized spacial score (nSPS) is 16.2. The molecule has 0 atom stereocenters. The number of carbonyl (C=O) groups excluding carboxylic acids is 1. The van der Waals surface area contributed by atoms with Gasteiger partial charge in [0.1, 0.15) is 5.75 Å². The van der Waals surface area contributed by atoms with Gasteiger partial charge in [0.15, 0.2) is 0 Å². The van der Waals surface area contributed by atoms with Crippen molar-refractivity contribution in [2.45, 2.75) is 39.2 Å². The second-order valence-electron chi connectivity index (χ2n) is 6.96. The molecule has 1 saturated heterocycles. The first-order chi connectivity index (χ1) is 13.1. The average molecular weight is 373 g/mol. The van der Waals surface area contributed by atoms with Crippen LogP contribution in [-0.4, -0.2) is 42.3 Å². The number of hydrogen-bond acceptors (Lipinski definition) is 6. The number of hydrogen-bond donors (Lipinski definition) is 1. The van der Waals surface area contributed by atoms with Crippen LogP contribution in [0.5, 0.6) is 5.75 Å². The zero-order valence-electron chi connectivity index (χ0n) is 16.0. The molecule has 2 aromatic rings. The van der Waals surface area contributed by atoms with Gasteiger partial charge in [-0.05, 0) is 57.8 Å². The summed E-state index contributed by atoms with van der Waals surface area (Å²) >= 11 is 0. The molecule has 0 amide bonds. The van der Waals surface area contributed by atoms with Gasteiger partial charge in [-0.25, -0.2) is 4.98 Å². The standard InChI is InChI=1S/C20H27N3O4/c1-3-27-19(25)20(8-10-21-11-9-20)7-4-12-23-17-13-15(26-2)5-6-16(17)22-14-18(23)24/h5-6,13-14,21H,3-4,7-12H2,1-2H3. The molecule has 0 unspecified atom stereocenters. The Morgan fingerprint density at radius 1 is 1.33 bits per heavy atom. The number of carbonyl (C=O) groups is 1. The maximum Gasteiger partial charge on any atom is 0.312 e. The van der Waals surface area contributed by atoms with Crippen LogP contribution in [0.1, 0.15) is 32.6 Å². The van der Waals surface area contributed by atoms with Crippen molar-refractivity contribution in [3.8, 4) is 5.75 Å². The van der Waals surface area contributed by atoms with E-state index < -0.39 is 5.41 Å². The van der Waals surface area contributed by atoms with E-state index in [9.17, 15) is 9.59 Å². The fraction of sp³-hybridized carbons (Fsp3) is 0.550. The molecule has 1 fully saturated rings. The smallest absolute Gasteiger partial charge is 0.312 e. The highest BCUT2D eigenvalue weighted by atomic mass is 16.5. The van der Waals surface area contributed by atoms with Gasteiger partial charge in [0.2, 0.25) is 0 Å². The fourth-order valence-corrected chi connectivity index (χ4v) is 3.82. The fourth-order valence-electron chi connectivity index (χ4n) is 3.82. The minimum atomic E-state index is -0.453. The van der Waals surface area contributed by atoms with Crippen LogP contribution >= 0.6 is 0 Å². The van der Waals surface area contributed by atoms with Gasteiger partial charge in [-0.3, -0.25) is 9.59 Å². The molecule has 0 saturated carbocycles. The molecular weight excluding hydrogens is 346 g/mol. The van der Waals surface area contributed by atoms with E-state index in [4.69, 9.17) is 9.47 Å². The average Bonchev–Trinajstić information content (AvgIpc) is 2.70. The van der Waals surface area contributed by atoms with Gasteiger partial charge in [-0.2, -0.15) is 0 Å². The minimum absolute atomic E-state index is 0.111. The Bertz CT molecular complexity index is 856. The molecule has 1 aromatic heterocycles. The first-order valence-corrected chi connectivity index (χ1v) is 9.51. The molecule has 7 heteroatoms. The van der Waals surface area contributed by atoms with E-state index in [1.54, 1.807) is 11.7 Å². The second-order valence-corrected chi connectivity index (χ2v) is 6.96. The van der Waals surface area contributed by atoms with Crippen LogP contribution in [0.3, 0.4) is 0 Å². The number of esters is 1. The Morgan fingerprint density at radius 3 is 2.81 bits per heavy atom. The van der Waals surface area contributed by atoms with E-state index in [-0.39, 0.29) is 11.5 Å². The molecule has 1 aliphatic rings. The van der Waals surface area contributed by atoms with Crippen LogP contribution in [0.25, 0.3) is 11.0 Å². The third-order valence-corrected chi connectivity index (χ3v) is 5.36. The number of nitrogens with zero attached hydrogens (tertiary/aromatic N) is 2. The summed E-state index contributed by atoms with van der Waals surface area (Å²) in [7, 11) is 1.60. The van der Waals surface area contributed by atoms with E-state index in [1.807, 2.05) is 25.1 Å². The number of aryl methyl sites for hydroxylation is 1. The number of benzene rings is 1. The monoisotopic (exact) mass is 373 g/mol. The van der Waals surface area contributed by atoms with Crippen LogP contribution in [0.4, 0.5) is 0 Å². The number of aromatic nitrogens is 2. The first kappa shape index (κ1) is 19.4. The zero-order chi connectivity index (χ0) is 19.3. The topological polar surface area (TPSA) is 82.5 Å². The Hall–Kier alpha value is -2.41. The van der Waals surface area contributed by atoms with Gasteiger partial charge in [-0.1, -0.05) is 0 Å². The van der Waals surface area contributed by atoms with E-state index in [2.05, 4.69) is 10.3 Å². The molecule has 1 N–H and O–H groups in total. The summed E-state index contributed by atoms with van der Waals surface area (Å²) in [5.41, 5.74) is 0.895. The van der Waals surface area contributed by atoms with Crippen LogP contribution in [0, 0.1) is 5.41 Å². The molecule has 0 bridgehead atoms. The van der Waals surface area contributed by atoms with Crippen molar-refractivity contribution in [2.75, 3.05) is 26.8 Å². The maximum absolute atomic E-state index is 12.6. The van der Waals surface area contributed by atoms with Gasteiger partial charge >= 0.3 is 5.97 Å². The molecule has 3 rings (SSSR count). The van der Waals surface area contributed by atoms with Crippen molar-refractivity contribution in [2.24, 2.45) is 5.41 Å². The third kappa shape index (κ3) is 4.13. The maximum atomic E-state index is 12.6. The molecule has 7 nitrogen and oxygen atoms in total. The van der Waals surface area contributed by atoms with Gasteiger partial charge in [0.25, 0.3) is 5.56 Å². The van der Waals surface area contributed by atoms with E-state index >= 15 is 0 Å². The zero-order valence-corrected chi connectivity index (χ0v) is 16.0. The van der Waals surface area contributed by atoms with Crippen LogP contribution < -0.4 is 15.6 Å². The van der Waals surface area contributed by atoms with Gasteiger partial charge < -0.3 is 19.4 Å². The summed E-state index contributed by atoms with van der Waals surface area (Å²) in [4.78, 5) is 29.2. The Balaban J connectivity index is 1.80. The molecule has 0 spiro atoms. The molecule has 1 aliphatic heterocycles. The molecule has 0 aliphatic carbocycles. The highest BCUT2D eigenvalue weighted by Gasteiger charge is 2.40. The highest BCUT2D eigenvalue weighted by Crippen LogP contribution is 2.35. The lowest BCUT2D eigenvalue weighted by molar-refractivity contribution is -0.157. The highest BCUT2D eigenvalue weighted by molar-refractivity contribution is 5.77. The number of ether oxygens (including phenoxy) is 2. The molecule has 27 heavy (non-hydrogen) atoms. The lowest BCUT2D eigenvalue weighted by atomic mass is 9.75. The molecule has 1 aromatic carbocycles. The van der Waals surface area contributed by atoms with Crippen LogP contribution in [-0.2, 0) is 16.1 Å². The van der Waals surface area contributed by atoms with Gasteiger partial charge in [-0.15, -0.1) is 0 Å². The first-order valence-electron chi connectivity index (χ1n) is 9.51. The molecule has 2 heterocycles. The number of methoxy groups -OCH3 is 1. The van der Waals surface area contributed by atoms with Crippen LogP contribution in [0.15, 0.2) is 29.2 Å². The van der Waals surface area contributed by atoms with E-state index in [1.165, 1.54) is 6.20 Å². The van der Waals surface area contributed by atoms with Crippen molar-refractivity contribution >= 4 is 17.0 Å². The summed E-state index contributed by atoms with van der Waals surface area (Å²) in [5, 5.41) is 3.31. The van der Waals surface area contributed by atoms with Crippen molar-refractivity contribution in [1.82, 2.24) is 14.9 Å². The Kier molecular flexibility index (Phi) is 6.11.